The van der Waals surface area contributed by atoms with E-state index >= 15 is 0 Å². The molecule has 1 aliphatic heterocycles. The van der Waals surface area contributed by atoms with Crippen LogP contribution in [0.5, 0.6) is 0 Å². The molecular formula is C27H32N4O3. The van der Waals surface area contributed by atoms with E-state index in [2.05, 4.69) is 20.9 Å². The van der Waals surface area contributed by atoms with E-state index in [1.54, 1.807) is 6.20 Å². The summed E-state index contributed by atoms with van der Waals surface area (Å²) < 4.78 is 7.61. The molecule has 2 amide bonds. The minimum absolute atomic E-state index is 0.0406. The number of carbonyl (C=O) groups excluding carboxylic acids is 2. The Bertz CT molecular complexity index is 1130. The Morgan fingerprint density at radius 1 is 0.971 bits per heavy atom. The van der Waals surface area contributed by atoms with Gasteiger partial charge in [-0.2, -0.15) is 0 Å². The molecule has 34 heavy (non-hydrogen) atoms. The van der Waals surface area contributed by atoms with E-state index in [9.17, 15) is 9.59 Å². The highest BCUT2D eigenvalue weighted by Gasteiger charge is 2.26. The van der Waals surface area contributed by atoms with Gasteiger partial charge in [-0.15, -0.1) is 0 Å². The molecule has 1 N–H and O–H groups in total. The number of amides is 2. The zero-order valence-corrected chi connectivity index (χ0v) is 19.5. The summed E-state index contributed by atoms with van der Waals surface area (Å²) in [7, 11) is 0. The maximum absolute atomic E-state index is 13.2. The van der Waals surface area contributed by atoms with Gasteiger partial charge >= 0.3 is 0 Å². The Balaban J connectivity index is 1.20. The van der Waals surface area contributed by atoms with Gasteiger partial charge in [0, 0.05) is 44.1 Å². The van der Waals surface area contributed by atoms with Crippen LogP contribution in [0.1, 0.15) is 42.5 Å². The molecule has 178 valence electrons. The van der Waals surface area contributed by atoms with E-state index in [-0.39, 0.29) is 11.8 Å². The fourth-order valence-electron chi connectivity index (χ4n) is 5.26. The number of para-hydroxylation sites is 1. The number of nitrogens with one attached hydrogen (secondary N) is 1. The van der Waals surface area contributed by atoms with Crippen LogP contribution in [0.25, 0.3) is 11.0 Å². The zero-order chi connectivity index (χ0) is 23.3. The average molecular weight is 461 g/mol. The molecule has 1 aromatic carbocycles. The van der Waals surface area contributed by atoms with Crippen LogP contribution in [0.3, 0.4) is 0 Å². The van der Waals surface area contributed by atoms with Crippen molar-refractivity contribution in [3.63, 3.8) is 0 Å². The molecule has 0 radical (unpaired) electrons. The molecule has 0 atom stereocenters. The number of pyridine rings is 1. The third kappa shape index (κ3) is 5.14. The fourth-order valence-corrected chi connectivity index (χ4v) is 5.26. The van der Waals surface area contributed by atoms with Crippen molar-refractivity contribution in [3.8, 4) is 0 Å². The first-order valence-electron chi connectivity index (χ1n) is 12.3. The number of anilines is 1. The number of rotatable bonds is 6. The summed E-state index contributed by atoms with van der Waals surface area (Å²) in [4.78, 5) is 32.0. The predicted molar refractivity (Wildman–Crippen MR) is 132 cm³/mol. The third-order valence-electron chi connectivity index (χ3n) is 7.12. The monoisotopic (exact) mass is 460 g/mol. The summed E-state index contributed by atoms with van der Waals surface area (Å²) in [5.74, 6) is 1.11. The number of benzene rings is 1. The normalized spacial score (nSPS) is 20.9. The molecule has 1 saturated heterocycles. The quantitative estimate of drug-likeness (QED) is 0.594. The van der Waals surface area contributed by atoms with Crippen molar-refractivity contribution in [2.45, 2.75) is 38.6 Å². The lowest BCUT2D eigenvalue weighted by Crippen LogP contribution is -2.40. The van der Waals surface area contributed by atoms with E-state index in [1.165, 1.54) is 0 Å². The number of hydrogen-bond acceptors (Lipinski definition) is 4. The molecule has 2 aromatic heterocycles. The van der Waals surface area contributed by atoms with Gasteiger partial charge in [0.2, 0.25) is 5.91 Å². The number of carbonyl (C=O) groups is 2. The molecule has 3 heterocycles. The van der Waals surface area contributed by atoms with Gasteiger partial charge < -0.3 is 19.5 Å². The minimum Gasteiger partial charge on any atom is -0.378 e. The van der Waals surface area contributed by atoms with Gasteiger partial charge in [-0.05, 0) is 61.8 Å². The summed E-state index contributed by atoms with van der Waals surface area (Å²) >= 11 is 0. The van der Waals surface area contributed by atoms with E-state index < -0.39 is 0 Å². The second kappa shape index (κ2) is 10.4. The lowest BCUT2D eigenvalue weighted by molar-refractivity contribution is -0.117. The Morgan fingerprint density at radius 2 is 1.71 bits per heavy atom. The number of ether oxygens (including phenoxy) is 1. The molecule has 1 saturated carbocycles. The van der Waals surface area contributed by atoms with Crippen LogP contribution >= 0.6 is 0 Å². The van der Waals surface area contributed by atoms with Crippen LogP contribution in [0.15, 0.2) is 54.9 Å². The van der Waals surface area contributed by atoms with E-state index in [4.69, 9.17) is 4.74 Å². The average Bonchev–Trinajstić information content (AvgIpc) is 3.24. The third-order valence-corrected chi connectivity index (χ3v) is 7.12. The van der Waals surface area contributed by atoms with Crippen LogP contribution < -0.4 is 5.32 Å². The van der Waals surface area contributed by atoms with Crippen molar-refractivity contribution in [1.29, 1.82) is 0 Å². The van der Waals surface area contributed by atoms with Crippen molar-refractivity contribution in [1.82, 2.24) is 14.5 Å². The first kappa shape index (κ1) is 22.6. The molecule has 2 aliphatic rings. The second-order valence-electron chi connectivity index (χ2n) is 9.48. The van der Waals surface area contributed by atoms with Gasteiger partial charge in [-0.3, -0.25) is 14.6 Å². The molecule has 2 fully saturated rings. The lowest BCUT2D eigenvalue weighted by atomic mass is 9.80. The summed E-state index contributed by atoms with van der Waals surface area (Å²) in [5.41, 5.74) is 3.34. The lowest BCUT2D eigenvalue weighted by Gasteiger charge is -2.28. The molecule has 5 rings (SSSR count). The Morgan fingerprint density at radius 3 is 2.47 bits per heavy atom. The predicted octanol–water partition coefficient (Wildman–Crippen LogP) is 4.34. The van der Waals surface area contributed by atoms with Gasteiger partial charge in [0.05, 0.1) is 24.3 Å². The molecular weight excluding hydrogens is 428 g/mol. The molecule has 7 heteroatoms. The maximum Gasteiger partial charge on any atom is 0.257 e. The van der Waals surface area contributed by atoms with Gasteiger partial charge in [-0.25, -0.2) is 0 Å². The SMILES string of the molecule is O=C(CC1CCC(Cn2cc(C(=O)N3CCOCC3)c3ncccc32)CC1)Nc1ccccc1. The highest BCUT2D eigenvalue weighted by atomic mass is 16.5. The fraction of sp³-hybridized carbons (Fsp3) is 0.444. The smallest absolute Gasteiger partial charge is 0.257 e. The first-order valence-corrected chi connectivity index (χ1v) is 12.3. The number of morpholine rings is 1. The molecule has 3 aromatic rings. The number of hydrogen-bond donors (Lipinski definition) is 1. The van der Waals surface area contributed by atoms with E-state index in [0.29, 0.717) is 50.1 Å². The van der Waals surface area contributed by atoms with Crippen LogP contribution in [-0.4, -0.2) is 52.6 Å². The topological polar surface area (TPSA) is 76.5 Å². The number of fused-ring (bicyclic) bond motifs is 1. The second-order valence-corrected chi connectivity index (χ2v) is 9.48. The number of nitrogens with zero attached hydrogens (tertiary/aromatic N) is 3. The molecule has 0 bridgehead atoms. The Labute approximate surface area is 200 Å². The molecule has 0 spiro atoms. The van der Waals surface area contributed by atoms with Gasteiger partial charge in [0.25, 0.3) is 5.91 Å². The Hall–Kier alpha value is -3.19. The van der Waals surface area contributed by atoms with Crippen LogP contribution in [0.2, 0.25) is 0 Å². The standard InChI is InChI=1S/C27H32N4O3/c32-25(29-22-5-2-1-3-6-22)17-20-8-10-21(11-9-20)18-31-19-23(26-24(31)7-4-12-28-26)27(33)30-13-15-34-16-14-30/h1-7,12,19-21H,8-11,13-18H2,(H,29,32). The highest BCUT2D eigenvalue weighted by Crippen LogP contribution is 2.33. The highest BCUT2D eigenvalue weighted by molar-refractivity contribution is 6.05. The van der Waals surface area contributed by atoms with Crippen LogP contribution in [-0.2, 0) is 16.1 Å². The Kier molecular flexibility index (Phi) is 6.90. The molecule has 7 nitrogen and oxygen atoms in total. The van der Waals surface area contributed by atoms with Crippen LogP contribution in [0, 0.1) is 11.8 Å². The molecule has 1 aliphatic carbocycles. The number of aromatic nitrogens is 2. The first-order chi connectivity index (χ1) is 16.7. The zero-order valence-electron chi connectivity index (χ0n) is 19.5. The summed E-state index contributed by atoms with van der Waals surface area (Å²) in [6, 6.07) is 13.6. The summed E-state index contributed by atoms with van der Waals surface area (Å²) in [6.07, 6.45) is 8.64. The van der Waals surface area contributed by atoms with Crippen molar-refractivity contribution >= 4 is 28.5 Å². The van der Waals surface area contributed by atoms with Crippen molar-refractivity contribution in [3.05, 3.63) is 60.4 Å². The van der Waals surface area contributed by atoms with Crippen molar-refractivity contribution in [2.24, 2.45) is 11.8 Å². The largest absolute Gasteiger partial charge is 0.378 e. The maximum atomic E-state index is 13.2. The van der Waals surface area contributed by atoms with E-state index in [1.807, 2.05) is 47.5 Å². The van der Waals surface area contributed by atoms with Crippen molar-refractivity contribution in [2.75, 3.05) is 31.6 Å². The van der Waals surface area contributed by atoms with Gasteiger partial charge in [0.15, 0.2) is 0 Å². The summed E-state index contributed by atoms with van der Waals surface area (Å²) in [6.45, 7) is 3.30. The summed E-state index contributed by atoms with van der Waals surface area (Å²) in [5, 5.41) is 3.01. The minimum atomic E-state index is 0.0406. The van der Waals surface area contributed by atoms with Crippen molar-refractivity contribution < 1.29 is 14.3 Å². The van der Waals surface area contributed by atoms with Crippen LogP contribution in [0.4, 0.5) is 5.69 Å². The van der Waals surface area contributed by atoms with E-state index in [0.717, 1.165) is 48.9 Å². The van der Waals surface area contributed by atoms with Gasteiger partial charge in [-0.1, -0.05) is 18.2 Å². The molecule has 0 unspecified atom stereocenters. The van der Waals surface area contributed by atoms with Gasteiger partial charge in [0.1, 0.15) is 5.52 Å².